The molecule has 1 aliphatic carbocycles. The highest BCUT2D eigenvalue weighted by Gasteiger charge is 2.59. The van der Waals surface area contributed by atoms with E-state index in [2.05, 4.69) is 0 Å². The fourth-order valence-electron chi connectivity index (χ4n) is 3.01. The molecular formula is C20H20O3. The summed E-state index contributed by atoms with van der Waals surface area (Å²) < 4.78 is 10.2. The van der Waals surface area contributed by atoms with E-state index >= 15 is 0 Å². The number of methoxy groups -OCH3 is 2. The molecule has 2 aromatic carbocycles. The van der Waals surface area contributed by atoms with Gasteiger partial charge in [0.1, 0.15) is 5.75 Å². The molecule has 0 unspecified atom stereocenters. The van der Waals surface area contributed by atoms with Gasteiger partial charge in [-0.1, -0.05) is 54.6 Å². The minimum atomic E-state index is -0.556. The summed E-state index contributed by atoms with van der Waals surface area (Å²) in [6.07, 6.45) is 4.76. The Kier molecular flexibility index (Phi) is 4.20. The lowest BCUT2D eigenvalue weighted by atomic mass is 9.97. The number of rotatable bonds is 5. The first-order valence-electron chi connectivity index (χ1n) is 7.66. The van der Waals surface area contributed by atoms with Gasteiger partial charge in [0.25, 0.3) is 0 Å². The van der Waals surface area contributed by atoms with E-state index in [1.807, 2.05) is 66.7 Å². The minimum absolute atomic E-state index is 0.154. The van der Waals surface area contributed by atoms with E-state index in [0.717, 1.165) is 23.3 Å². The van der Waals surface area contributed by atoms with E-state index < -0.39 is 5.41 Å². The van der Waals surface area contributed by atoms with Crippen LogP contribution in [0.5, 0.6) is 5.75 Å². The van der Waals surface area contributed by atoms with Crippen LogP contribution in [0, 0.1) is 5.41 Å². The monoisotopic (exact) mass is 308 g/mol. The molecule has 3 rings (SSSR count). The lowest BCUT2D eigenvalue weighted by Crippen LogP contribution is -2.17. The van der Waals surface area contributed by atoms with Crippen molar-refractivity contribution in [2.75, 3.05) is 14.2 Å². The summed E-state index contributed by atoms with van der Waals surface area (Å²) in [4.78, 5) is 12.3. The lowest BCUT2D eigenvalue weighted by Gasteiger charge is -2.11. The molecule has 0 saturated heterocycles. The van der Waals surface area contributed by atoms with Crippen LogP contribution in [-0.2, 0) is 9.53 Å². The third kappa shape index (κ3) is 3.00. The highest BCUT2D eigenvalue weighted by Crippen LogP contribution is 2.61. The Hall–Kier alpha value is -2.55. The van der Waals surface area contributed by atoms with E-state index in [1.165, 1.54) is 7.11 Å². The van der Waals surface area contributed by atoms with Gasteiger partial charge < -0.3 is 9.47 Å². The van der Waals surface area contributed by atoms with Gasteiger partial charge >= 0.3 is 5.97 Å². The van der Waals surface area contributed by atoms with Gasteiger partial charge in [0.05, 0.1) is 19.6 Å². The standard InChI is InChI=1S/C20H20O3/c1-22-17-10-8-16(9-11-17)18-14-20(18,19(21)23-2)13-12-15-6-4-3-5-7-15/h3-13,18H,14H2,1-2H3/b13-12+/t18-,20+/m1/s1. The largest absolute Gasteiger partial charge is 0.497 e. The summed E-state index contributed by atoms with van der Waals surface area (Å²) in [5.41, 5.74) is 1.66. The number of hydrogen-bond donors (Lipinski definition) is 0. The van der Waals surface area contributed by atoms with Crippen molar-refractivity contribution in [3.8, 4) is 5.75 Å². The van der Waals surface area contributed by atoms with Gasteiger partial charge in [0.2, 0.25) is 0 Å². The van der Waals surface area contributed by atoms with Crippen LogP contribution in [-0.4, -0.2) is 20.2 Å². The predicted octanol–water partition coefficient (Wildman–Crippen LogP) is 4.06. The molecule has 0 amide bonds. The van der Waals surface area contributed by atoms with E-state index in [1.54, 1.807) is 7.11 Å². The van der Waals surface area contributed by atoms with Crippen molar-refractivity contribution in [3.63, 3.8) is 0 Å². The molecule has 2 aromatic rings. The Morgan fingerprint density at radius 2 is 1.78 bits per heavy atom. The van der Waals surface area contributed by atoms with Crippen molar-refractivity contribution in [3.05, 3.63) is 71.8 Å². The molecule has 1 aliphatic rings. The molecule has 2 atom stereocenters. The van der Waals surface area contributed by atoms with Gasteiger partial charge in [-0.3, -0.25) is 4.79 Å². The summed E-state index contributed by atoms with van der Waals surface area (Å²) >= 11 is 0. The first-order valence-corrected chi connectivity index (χ1v) is 7.66. The van der Waals surface area contributed by atoms with Crippen molar-refractivity contribution in [2.45, 2.75) is 12.3 Å². The maximum atomic E-state index is 12.3. The van der Waals surface area contributed by atoms with Gasteiger partial charge in [0, 0.05) is 5.92 Å². The second-order valence-electron chi connectivity index (χ2n) is 5.81. The van der Waals surface area contributed by atoms with Crippen LogP contribution in [0.2, 0.25) is 0 Å². The molecule has 3 nitrogen and oxygen atoms in total. The van der Waals surface area contributed by atoms with Crippen molar-refractivity contribution in [1.29, 1.82) is 0 Å². The fraction of sp³-hybridized carbons (Fsp3) is 0.250. The molecule has 0 spiro atoms. The van der Waals surface area contributed by atoms with Gasteiger partial charge in [0.15, 0.2) is 0 Å². The third-order valence-corrected chi connectivity index (χ3v) is 4.46. The summed E-state index contributed by atoms with van der Waals surface area (Å²) in [5.74, 6) is 0.796. The predicted molar refractivity (Wildman–Crippen MR) is 90.3 cm³/mol. The second-order valence-corrected chi connectivity index (χ2v) is 5.81. The molecular weight excluding hydrogens is 288 g/mol. The lowest BCUT2D eigenvalue weighted by molar-refractivity contribution is -0.145. The van der Waals surface area contributed by atoms with Crippen LogP contribution in [0.4, 0.5) is 0 Å². The molecule has 23 heavy (non-hydrogen) atoms. The molecule has 1 fully saturated rings. The summed E-state index contributed by atoms with van der Waals surface area (Å²) in [6, 6.07) is 17.9. The van der Waals surface area contributed by atoms with Crippen LogP contribution in [0.3, 0.4) is 0 Å². The smallest absolute Gasteiger partial charge is 0.316 e. The van der Waals surface area contributed by atoms with Crippen molar-refractivity contribution in [2.24, 2.45) is 5.41 Å². The number of esters is 1. The normalized spacial score (nSPS) is 22.8. The SMILES string of the molecule is COC(=O)[C@@]1(/C=C/c2ccccc2)C[C@@H]1c1ccc(OC)cc1. The van der Waals surface area contributed by atoms with Crippen LogP contribution in [0.25, 0.3) is 6.08 Å². The zero-order chi connectivity index (χ0) is 16.3. The maximum Gasteiger partial charge on any atom is 0.316 e. The van der Waals surface area contributed by atoms with Gasteiger partial charge in [-0.25, -0.2) is 0 Å². The van der Waals surface area contributed by atoms with Gasteiger partial charge in [-0.05, 0) is 29.7 Å². The van der Waals surface area contributed by atoms with Crippen molar-refractivity contribution in [1.82, 2.24) is 0 Å². The molecule has 3 heteroatoms. The summed E-state index contributed by atoms with van der Waals surface area (Å²) in [6.45, 7) is 0. The molecule has 0 N–H and O–H groups in total. The molecule has 0 heterocycles. The van der Waals surface area contributed by atoms with Crippen LogP contribution >= 0.6 is 0 Å². The number of benzene rings is 2. The Balaban J connectivity index is 1.85. The Morgan fingerprint density at radius 1 is 1.09 bits per heavy atom. The van der Waals surface area contributed by atoms with Crippen LogP contribution in [0.15, 0.2) is 60.7 Å². The first kappa shape index (κ1) is 15.3. The maximum absolute atomic E-state index is 12.3. The molecule has 118 valence electrons. The van der Waals surface area contributed by atoms with Gasteiger partial charge in [-0.2, -0.15) is 0 Å². The van der Waals surface area contributed by atoms with E-state index in [-0.39, 0.29) is 11.9 Å². The zero-order valence-corrected chi connectivity index (χ0v) is 13.4. The highest BCUT2D eigenvalue weighted by atomic mass is 16.5. The van der Waals surface area contributed by atoms with E-state index in [0.29, 0.717) is 0 Å². The van der Waals surface area contributed by atoms with Gasteiger partial charge in [-0.15, -0.1) is 0 Å². The topological polar surface area (TPSA) is 35.5 Å². The average Bonchev–Trinajstić information content (AvgIpc) is 3.36. The number of carbonyl (C=O) groups excluding carboxylic acids is 1. The van der Waals surface area contributed by atoms with E-state index in [9.17, 15) is 4.79 Å². The van der Waals surface area contributed by atoms with Crippen LogP contribution < -0.4 is 4.74 Å². The average molecular weight is 308 g/mol. The number of carbonyl (C=O) groups is 1. The molecule has 0 aromatic heterocycles. The number of hydrogen-bond acceptors (Lipinski definition) is 3. The molecule has 0 radical (unpaired) electrons. The fourth-order valence-corrected chi connectivity index (χ4v) is 3.01. The summed E-state index contributed by atoms with van der Waals surface area (Å²) in [7, 11) is 3.09. The Morgan fingerprint density at radius 3 is 2.39 bits per heavy atom. The molecule has 1 saturated carbocycles. The first-order chi connectivity index (χ1) is 11.2. The zero-order valence-electron chi connectivity index (χ0n) is 13.4. The number of ether oxygens (including phenoxy) is 2. The summed E-state index contributed by atoms with van der Waals surface area (Å²) in [5, 5.41) is 0. The van der Waals surface area contributed by atoms with Crippen molar-refractivity contribution < 1.29 is 14.3 Å². The van der Waals surface area contributed by atoms with E-state index in [4.69, 9.17) is 9.47 Å². The third-order valence-electron chi connectivity index (χ3n) is 4.46. The Bertz CT molecular complexity index is 703. The quantitative estimate of drug-likeness (QED) is 0.782. The highest BCUT2D eigenvalue weighted by molar-refractivity contribution is 5.86. The second kappa shape index (κ2) is 6.29. The van der Waals surface area contributed by atoms with Crippen molar-refractivity contribution >= 4 is 12.0 Å². The Labute approximate surface area is 136 Å². The van der Waals surface area contributed by atoms with Crippen LogP contribution in [0.1, 0.15) is 23.5 Å². The molecule has 0 aliphatic heterocycles. The molecule has 0 bridgehead atoms. The minimum Gasteiger partial charge on any atom is -0.497 e.